The minimum Gasteiger partial charge on any atom is -0.379 e. The van der Waals surface area contributed by atoms with Crippen molar-refractivity contribution in [2.45, 2.75) is 20.3 Å². The third-order valence-electron chi connectivity index (χ3n) is 4.88. The van der Waals surface area contributed by atoms with E-state index in [1.165, 1.54) is 29.5 Å². The fraction of sp³-hybridized carbons (Fsp3) is 0.227. The van der Waals surface area contributed by atoms with Gasteiger partial charge in [0.25, 0.3) is 5.69 Å². The summed E-state index contributed by atoms with van der Waals surface area (Å²) in [5.41, 5.74) is 3.64. The highest BCUT2D eigenvalue weighted by Crippen LogP contribution is 2.37. The average molecular weight is 425 g/mol. The Bertz CT molecular complexity index is 1200. The van der Waals surface area contributed by atoms with Gasteiger partial charge in [-0.2, -0.15) is 0 Å². The summed E-state index contributed by atoms with van der Waals surface area (Å²) in [5, 5.41) is 16.7. The number of nitrogens with one attached hydrogen (secondary N) is 1. The van der Waals surface area contributed by atoms with Crippen molar-refractivity contribution in [2.75, 3.05) is 11.9 Å². The van der Waals surface area contributed by atoms with Crippen LogP contribution in [0, 0.1) is 21.8 Å². The number of aromatic nitrogens is 2. The van der Waals surface area contributed by atoms with Crippen LogP contribution in [0.5, 0.6) is 0 Å². The van der Waals surface area contributed by atoms with Crippen LogP contribution >= 0.6 is 11.3 Å². The summed E-state index contributed by atoms with van der Waals surface area (Å²) in [7, 11) is 0. The van der Waals surface area contributed by atoms with E-state index in [-0.39, 0.29) is 16.4 Å². The second-order valence-corrected chi connectivity index (χ2v) is 8.34. The number of fused-ring (bicyclic) bond motifs is 1. The van der Waals surface area contributed by atoms with Gasteiger partial charge in [-0.15, -0.1) is 11.3 Å². The molecule has 2 aromatic carbocycles. The number of hydrogen-bond donors (Lipinski definition) is 1. The molecule has 0 aliphatic heterocycles. The van der Waals surface area contributed by atoms with E-state index in [0.717, 1.165) is 28.2 Å². The molecule has 0 spiro atoms. The first kappa shape index (κ1) is 20.0. The lowest BCUT2D eigenvalue weighted by Gasteiger charge is -2.11. The van der Waals surface area contributed by atoms with Crippen molar-refractivity contribution in [1.29, 1.82) is 0 Å². The lowest BCUT2D eigenvalue weighted by molar-refractivity contribution is -0.383. The van der Waals surface area contributed by atoms with Gasteiger partial charge < -0.3 is 5.32 Å². The lowest BCUT2D eigenvalue weighted by atomic mass is 10.0. The Morgan fingerprint density at radius 1 is 1.20 bits per heavy atom. The molecule has 0 saturated carbocycles. The van der Waals surface area contributed by atoms with Gasteiger partial charge in [0, 0.05) is 35.3 Å². The zero-order valence-electron chi connectivity index (χ0n) is 16.6. The van der Waals surface area contributed by atoms with Crippen LogP contribution in [0.2, 0.25) is 0 Å². The fourth-order valence-corrected chi connectivity index (χ4v) is 4.06. The molecule has 0 unspecified atom stereocenters. The van der Waals surface area contributed by atoms with Crippen LogP contribution in [-0.2, 0) is 0 Å². The normalized spacial score (nSPS) is 11.3. The molecule has 0 saturated heterocycles. The first-order valence-corrected chi connectivity index (χ1v) is 10.6. The van der Waals surface area contributed by atoms with Crippen LogP contribution in [0.4, 0.5) is 15.8 Å². The van der Waals surface area contributed by atoms with E-state index < -0.39 is 0 Å². The maximum Gasteiger partial charge on any atom is 0.292 e. The summed E-state index contributed by atoms with van der Waals surface area (Å²) in [6, 6.07) is 11.2. The van der Waals surface area contributed by atoms with E-state index in [9.17, 15) is 14.5 Å². The van der Waals surface area contributed by atoms with Crippen molar-refractivity contribution in [3.05, 3.63) is 70.0 Å². The van der Waals surface area contributed by atoms with Crippen molar-refractivity contribution >= 4 is 27.7 Å². The molecular weight excluding hydrogens is 403 g/mol. The standard InChI is InChI=1S/C22H21FN4O2S/c1-14(2)9-10-24-18-13-16(5-8-19(18)27(28)29)21-20(15-3-6-17(23)7-4-15)25-22-26(21)11-12-30-22/h3-8,11-14,24H,9-10H2,1-2H3. The molecule has 30 heavy (non-hydrogen) atoms. The van der Waals surface area contributed by atoms with Crippen molar-refractivity contribution in [3.8, 4) is 22.5 Å². The van der Waals surface area contributed by atoms with Gasteiger partial charge in [-0.25, -0.2) is 9.37 Å². The van der Waals surface area contributed by atoms with E-state index in [4.69, 9.17) is 4.98 Å². The molecule has 8 heteroatoms. The first-order chi connectivity index (χ1) is 14.4. The Kier molecular flexibility index (Phi) is 5.50. The Labute approximate surface area is 177 Å². The molecule has 2 heterocycles. The average Bonchev–Trinajstić information content (AvgIpc) is 3.29. The van der Waals surface area contributed by atoms with Crippen LogP contribution in [0.15, 0.2) is 54.0 Å². The van der Waals surface area contributed by atoms with Gasteiger partial charge in [-0.05, 0) is 48.7 Å². The molecule has 0 atom stereocenters. The molecule has 0 radical (unpaired) electrons. The third-order valence-corrected chi connectivity index (χ3v) is 5.64. The summed E-state index contributed by atoms with van der Waals surface area (Å²) in [6.45, 7) is 4.87. The molecule has 0 aliphatic rings. The highest BCUT2D eigenvalue weighted by Gasteiger charge is 2.20. The number of anilines is 1. The Morgan fingerprint density at radius 3 is 2.63 bits per heavy atom. The quantitative estimate of drug-likeness (QED) is 0.282. The molecular formula is C22H21FN4O2S. The topological polar surface area (TPSA) is 72.5 Å². The number of nitrogens with zero attached hydrogens (tertiary/aromatic N) is 3. The minimum absolute atomic E-state index is 0.0388. The van der Waals surface area contributed by atoms with Crippen molar-refractivity contribution in [1.82, 2.24) is 9.38 Å². The van der Waals surface area contributed by atoms with E-state index >= 15 is 0 Å². The van der Waals surface area contributed by atoms with Crippen molar-refractivity contribution in [3.63, 3.8) is 0 Å². The number of thiazole rings is 1. The molecule has 6 nitrogen and oxygen atoms in total. The number of hydrogen-bond acceptors (Lipinski definition) is 5. The smallest absolute Gasteiger partial charge is 0.292 e. The molecule has 0 bridgehead atoms. The first-order valence-electron chi connectivity index (χ1n) is 9.68. The zero-order chi connectivity index (χ0) is 21.3. The third kappa shape index (κ3) is 3.91. The number of halogens is 1. The zero-order valence-corrected chi connectivity index (χ0v) is 17.4. The molecule has 4 rings (SSSR count). The second-order valence-electron chi connectivity index (χ2n) is 7.47. The number of imidazole rings is 1. The van der Waals surface area contributed by atoms with Gasteiger partial charge in [0.15, 0.2) is 4.96 Å². The van der Waals surface area contributed by atoms with Gasteiger partial charge in [0.2, 0.25) is 0 Å². The van der Waals surface area contributed by atoms with Gasteiger partial charge in [-0.1, -0.05) is 13.8 Å². The van der Waals surface area contributed by atoms with Crippen LogP contribution in [0.25, 0.3) is 27.5 Å². The van der Waals surface area contributed by atoms with Crippen LogP contribution in [-0.4, -0.2) is 20.9 Å². The number of nitro benzene ring substituents is 1. The largest absolute Gasteiger partial charge is 0.379 e. The summed E-state index contributed by atoms with van der Waals surface area (Å²) >= 11 is 1.50. The van der Waals surface area contributed by atoms with Gasteiger partial charge in [-0.3, -0.25) is 14.5 Å². The molecule has 4 aromatic rings. The summed E-state index contributed by atoms with van der Waals surface area (Å²) in [6.07, 6.45) is 2.83. The summed E-state index contributed by atoms with van der Waals surface area (Å²) < 4.78 is 15.4. The molecule has 0 fully saturated rings. The Hall–Kier alpha value is -3.26. The maximum absolute atomic E-state index is 13.4. The van der Waals surface area contributed by atoms with Gasteiger partial charge in [0.1, 0.15) is 11.5 Å². The predicted molar refractivity (Wildman–Crippen MR) is 118 cm³/mol. The number of benzene rings is 2. The van der Waals surface area contributed by atoms with Crippen LogP contribution in [0.1, 0.15) is 20.3 Å². The Balaban J connectivity index is 1.83. The molecule has 2 aromatic heterocycles. The van der Waals surface area contributed by atoms with E-state index in [0.29, 0.717) is 23.8 Å². The van der Waals surface area contributed by atoms with Crippen LogP contribution in [0.3, 0.4) is 0 Å². The summed E-state index contributed by atoms with van der Waals surface area (Å²) in [5.74, 6) is 0.179. The highest BCUT2D eigenvalue weighted by molar-refractivity contribution is 7.15. The molecule has 0 aliphatic carbocycles. The molecule has 0 amide bonds. The lowest BCUT2D eigenvalue weighted by Crippen LogP contribution is -2.07. The highest BCUT2D eigenvalue weighted by atomic mass is 32.1. The number of rotatable bonds is 7. The van der Waals surface area contributed by atoms with E-state index in [2.05, 4.69) is 19.2 Å². The minimum atomic E-state index is -0.376. The van der Waals surface area contributed by atoms with Gasteiger partial charge >= 0.3 is 0 Å². The fourth-order valence-electron chi connectivity index (χ4n) is 3.35. The van der Waals surface area contributed by atoms with Crippen LogP contribution < -0.4 is 5.32 Å². The SMILES string of the molecule is CC(C)CCNc1cc(-c2c(-c3ccc(F)cc3)nc3sccn23)ccc1[N+](=O)[O-]. The second kappa shape index (κ2) is 8.23. The maximum atomic E-state index is 13.4. The molecule has 154 valence electrons. The van der Waals surface area contributed by atoms with Gasteiger partial charge in [0.05, 0.1) is 16.3 Å². The van der Waals surface area contributed by atoms with E-state index in [1.807, 2.05) is 16.0 Å². The predicted octanol–water partition coefficient (Wildman–Crippen LogP) is 6.24. The van der Waals surface area contributed by atoms with Crippen molar-refractivity contribution in [2.24, 2.45) is 5.92 Å². The monoisotopic (exact) mass is 424 g/mol. The van der Waals surface area contributed by atoms with Crippen molar-refractivity contribution < 1.29 is 9.31 Å². The Morgan fingerprint density at radius 2 is 1.93 bits per heavy atom. The molecule has 1 N–H and O–H groups in total. The van der Waals surface area contributed by atoms with E-state index in [1.54, 1.807) is 24.3 Å². The summed E-state index contributed by atoms with van der Waals surface area (Å²) in [4.78, 5) is 16.7. The number of nitro groups is 1.